The number of nitrogens with one attached hydrogen (secondary N) is 2. The molecule has 17 nitrogen and oxygen atoms in total. The normalized spacial score (nSPS) is 36.7. The number of fused-ring (bicyclic) bond motifs is 14. The molecule has 0 spiro atoms. The van der Waals surface area contributed by atoms with Gasteiger partial charge in [-0.25, -0.2) is 0 Å². The van der Waals surface area contributed by atoms with Crippen LogP contribution in [-0.4, -0.2) is 104 Å². The van der Waals surface area contributed by atoms with E-state index in [-0.39, 0.29) is 82.4 Å². The summed E-state index contributed by atoms with van der Waals surface area (Å²) in [5.74, 6) is 25.4. The van der Waals surface area contributed by atoms with Gasteiger partial charge in [0, 0.05) is 53.2 Å². The molecule has 3 unspecified atom stereocenters. The minimum atomic E-state index is -0.964. The predicted molar refractivity (Wildman–Crippen MR) is 423 cm³/mol. The zero-order chi connectivity index (χ0) is 75.4. The van der Waals surface area contributed by atoms with Crippen LogP contribution >= 0.6 is 24.4 Å². The van der Waals surface area contributed by atoms with Gasteiger partial charge in [0.1, 0.15) is 35.8 Å². The highest BCUT2D eigenvalue weighted by molar-refractivity contribution is 7.80. The Labute approximate surface area is 642 Å². The molecule has 10 N–H and O–H groups in total. The molecule has 12 aliphatic carbocycles. The Morgan fingerprint density at radius 3 is 1.61 bits per heavy atom. The van der Waals surface area contributed by atoms with E-state index < -0.39 is 16.8 Å². The molecule has 3 aliphatic heterocycles. The van der Waals surface area contributed by atoms with Gasteiger partial charge in [0.15, 0.2) is 39.0 Å². The van der Waals surface area contributed by atoms with Gasteiger partial charge in [-0.05, 0) is 308 Å². The second-order valence-corrected chi connectivity index (χ2v) is 33.4. The molecule has 6 saturated carbocycles. The van der Waals surface area contributed by atoms with Crippen LogP contribution in [0.2, 0.25) is 0 Å². The molecule has 0 amide bonds. The molecular weight excluding hydrogens is 1380 g/mol. The second-order valence-electron chi connectivity index (χ2n) is 32.5. The number of carbonyl (C=O) groups is 1. The van der Waals surface area contributed by atoms with E-state index >= 15 is 0 Å². The minimum Gasteiger partial charge on any atom is -0.454 e. The summed E-state index contributed by atoms with van der Waals surface area (Å²) in [5.41, 5.74) is 30.5. The topological polar surface area (TPSA) is 254 Å². The van der Waals surface area contributed by atoms with Gasteiger partial charge < -0.3 is 60.3 Å². The third-order valence-electron chi connectivity index (χ3n) is 27.6. The average molecular weight is 1490 g/mol. The first-order valence-corrected chi connectivity index (χ1v) is 39.9. The van der Waals surface area contributed by atoms with Crippen LogP contribution in [0.1, 0.15) is 207 Å². The van der Waals surface area contributed by atoms with Gasteiger partial charge in [-0.15, -0.1) is 17.8 Å². The van der Waals surface area contributed by atoms with Crippen LogP contribution < -0.4 is 41.3 Å². The van der Waals surface area contributed by atoms with Crippen molar-refractivity contribution < 1.29 is 53.6 Å². The smallest absolute Gasteiger partial charge is 0.231 e. The Hall–Kier alpha value is -7.61. The van der Waals surface area contributed by atoms with Gasteiger partial charge in [-0.3, -0.25) is 15.6 Å². The molecule has 0 bridgehead atoms. The maximum absolute atomic E-state index is 12.2. The maximum atomic E-state index is 12.2. The first-order valence-electron chi connectivity index (χ1n) is 39.0. The van der Waals surface area contributed by atoms with E-state index in [1.54, 1.807) is 24.3 Å². The van der Waals surface area contributed by atoms with E-state index in [1.807, 2.05) is 39.0 Å². The third kappa shape index (κ3) is 13.7. The number of rotatable bonds is 7. The Bertz CT molecular complexity index is 4330. The molecule has 17 rings (SSSR count). The monoisotopic (exact) mass is 1490 g/mol. The molecule has 17 atom stereocenters. The average Bonchev–Trinajstić information content (AvgIpc) is 1.61. The van der Waals surface area contributed by atoms with Crippen molar-refractivity contribution in [2.24, 2.45) is 79.3 Å². The summed E-state index contributed by atoms with van der Waals surface area (Å²) in [6, 6.07) is 12.7. The lowest BCUT2D eigenvalue weighted by molar-refractivity contribution is -0.114. The number of thiocarbonyl (C=S) groups is 2. The number of nitrogens with two attached hydrogens (primary N) is 2. The molecule has 566 valence electrons. The lowest BCUT2D eigenvalue weighted by atomic mass is 9.51. The van der Waals surface area contributed by atoms with E-state index in [0.717, 1.165) is 151 Å². The number of carbonyl (C=O) groups excluding carboxylic acids is 1. The quantitative estimate of drug-likeness (QED) is 0.0555. The number of benzene rings is 2. The molecule has 0 aromatic heterocycles. The van der Waals surface area contributed by atoms with Crippen LogP contribution in [0.15, 0.2) is 139 Å². The van der Waals surface area contributed by atoms with Crippen LogP contribution in [0.25, 0.3) is 0 Å². The van der Waals surface area contributed by atoms with Gasteiger partial charge in [-0.1, -0.05) is 86.5 Å². The second kappa shape index (κ2) is 30.7. The number of aliphatic hydroxyl groups is 4. The Morgan fingerprint density at radius 2 is 1.07 bits per heavy atom. The van der Waals surface area contributed by atoms with Crippen molar-refractivity contribution >= 4 is 52.4 Å². The third-order valence-corrected chi connectivity index (χ3v) is 27.8. The van der Waals surface area contributed by atoms with Crippen LogP contribution in [0.3, 0.4) is 0 Å². The zero-order valence-electron chi connectivity index (χ0n) is 63.3. The number of hydrazone groups is 2. The van der Waals surface area contributed by atoms with Crippen molar-refractivity contribution in [1.82, 2.24) is 10.9 Å². The first kappa shape index (κ1) is 76.2. The van der Waals surface area contributed by atoms with Gasteiger partial charge >= 0.3 is 0 Å². The molecule has 1 saturated heterocycles. The summed E-state index contributed by atoms with van der Waals surface area (Å²) in [5, 5.41) is 51.9. The molecule has 107 heavy (non-hydrogen) atoms. The number of nitrogens with zero attached hydrogens (tertiary/aromatic N) is 2. The van der Waals surface area contributed by atoms with E-state index in [1.165, 1.54) is 55.7 Å². The summed E-state index contributed by atoms with van der Waals surface area (Å²) < 4.78 is 34.2. The number of ether oxygens (including phenoxy) is 6. The number of hydrogen-bond acceptors (Lipinski definition) is 15. The summed E-state index contributed by atoms with van der Waals surface area (Å²) >= 11 is 9.79. The number of aliphatic hydroxyl groups excluding tert-OH is 1. The Kier molecular flexibility index (Phi) is 21.8. The van der Waals surface area contributed by atoms with Gasteiger partial charge in [0.25, 0.3) is 0 Å². The highest BCUT2D eigenvalue weighted by Gasteiger charge is 2.66. The van der Waals surface area contributed by atoms with Crippen molar-refractivity contribution in [2.45, 2.75) is 225 Å². The molecule has 2 aromatic carbocycles. The molecular formula is C88H106N6O11S2. The molecule has 7 fully saturated rings. The van der Waals surface area contributed by atoms with Crippen molar-refractivity contribution in [3.05, 3.63) is 140 Å². The fraction of sp³-hybridized carbons (Fsp3) is 0.557. The van der Waals surface area contributed by atoms with Crippen molar-refractivity contribution in [3.63, 3.8) is 0 Å². The molecule has 15 aliphatic rings. The summed E-state index contributed by atoms with van der Waals surface area (Å²) in [6.07, 6.45) is 32.8. The Morgan fingerprint density at radius 1 is 0.598 bits per heavy atom. The summed E-state index contributed by atoms with van der Waals surface area (Å²) in [6.45, 7) is 17.4. The number of allylic oxidation sites excluding steroid dienone is 14. The van der Waals surface area contributed by atoms with Gasteiger partial charge in [0.05, 0.1) is 5.71 Å². The molecule has 0 radical (unpaired) electrons. The summed E-state index contributed by atoms with van der Waals surface area (Å²) in [4.78, 5) is 12.2. The van der Waals surface area contributed by atoms with Crippen molar-refractivity contribution in [2.75, 3.05) is 27.0 Å². The van der Waals surface area contributed by atoms with E-state index in [0.29, 0.717) is 48.7 Å². The van der Waals surface area contributed by atoms with Crippen molar-refractivity contribution in [3.8, 4) is 58.5 Å². The lowest BCUT2D eigenvalue weighted by Crippen LogP contribution is -2.51. The van der Waals surface area contributed by atoms with E-state index in [9.17, 15) is 20.1 Å². The van der Waals surface area contributed by atoms with Crippen LogP contribution in [0.5, 0.6) is 23.0 Å². The lowest BCUT2D eigenvalue weighted by Gasteiger charge is -2.54. The molecule has 3 heterocycles. The highest BCUT2D eigenvalue weighted by atomic mass is 32.1. The fourth-order valence-corrected chi connectivity index (χ4v) is 23.0. The van der Waals surface area contributed by atoms with Gasteiger partial charge in [-0.2, -0.15) is 10.2 Å². The largest absolute Gasteiger partial charge is 0.454 e. The molecule has 19 heteroatoms. The van der Waals surface area contributed by atoms with E-state index in [2.05, 4.69) is 139 Å². The SMILES string of the molecule is CC#C[C@]1(O)CC[C@H]2[C@@H]3CC/C(=C/C=NNC(N)=S)C(CC)=C3C(c3ccc4c(c3)OCO4)C[C@@]21C.CC#C[C@]1(O)CC[C@H]2[C@@H]3CCC4=CC(=NNC(N)=S)CCC4=C3[C@@H](c3ccc4c(c3)OCO4)C[C@@]21C.CC#C[C@]1(O)CC[C@H]2[C@@H]3CCC4=CC(=O)CCC4=C3[C@@H](C3=CC4OCOC4C=C3)C[C@@]21C.CCO. The number of hydrogen-bond donors (Lipinski definition) is 8. The van der Waals surface area contributed by atoms with Crippen LogP contribution in [-0.2, 0) is 14.3 Å². The number of ketones is 1. The summed E-state index contributed by atoms with van der Waals surface area (Å²) in [7, 11) is 0. The zero-order valence-corrected chi connectivity index (χ0v) is 65.0. The van der Waals surface area contributed by atoms with Crippen LogP contribution in [0.4, 0.5) is 0 Å². The predicted octanol–water partition coefficient (Wildman–Crippen LogP) is 14.0. The standard InChI is InChI=1S/C29H33N3O3S.C29H35N3O3S.C28H32O4.C2H6O/c1-3-11-29(33)12-10-23-21-7-4-17-13-19(31-32-27(30)36)6-8-20(17)26(21)22(15-28(23,29)2)18-5-9-24-25(14-18)35-16-34-24;1-4-12-29(33)13-10-23-21-8-6-18(11-14-31-32-27(30)36)20(5-2)26(21)22(16-28(23,29)3)19-7-9-24-25(15-19)35-17-34-24;1-3-11-28(30)12-10-23-21-7-4-17-13-19(29)6-8-20(17)26(21)22(15-27(23,28)2)18-5-9-24-25(14-18)32-16-31-24;1-2-3/h5,9,13-14,21-23,33H,4,6-8,10,12,15-16H2,1-2H3,(H3,30,32,36);7,9,11,14-15,21-23,33H,5-6,8,10,13,16-17H2,1-3H3,(H3,30,32,36);5,9,13-14,21-25,30H,4,6-8,10,12,15-16H2,1-2H3;3H,2H2,1H3/b;18-11-,31-14?;;/t21-,22+,23-,28-,29-;21-,22?,23-,28-,29-;21-,22+,23-,24?,25?,27-,28-;/m000./s1. The maximum Gasteiger partial charge on any atom is 0.231 e. The van der Waals surface area contributed by atoms with Gasteiger partial charge in [0.2, 0.25) is 13.6 Å². The highest BCUT2D eigenvalue weighted by Crippen LogP contribution is 2.70. The van der Waals surface area contributed by atoms with Crippen LogP contribution in [0, 0.1) is 93.2 Å². The van der Waals surface area contributed by atoms with E-state index in [4.69, 9.17) is 69.4 Å². The molecule has 2 aromatic rings. The minimum absolute atomic E-state index is 0.00242. The van der Waals surface area contributed by atoms with Crippen molar-refractivity contribution in [1.29, 1.82) is 0 Å². The Balaban J connectivity index is 0.000000132. The first-order chi connectivity index (χ1) is 51.5. The fourth-order valence-electron chi connectivity index (χ4n) is 22.9.